The SMILES string of the molecule is COc1ccccc1CN(CCn1c(C)csc1=O)C1CC1. The van der Waals surface area contributed by atoms with E-state index in [4.69, 9.17) is 4.74 Å². The number of aromatic nitrogens is 1. The normalized spacial score (nSPS) is 14.5. The van der Waals surface area contributed by atoms with Crippen molar-refractivity contribution in [2.24, 2.45) is 0 Å². The first kappa shape index (κ1) is 15.3. The van der Waals surface area contributed by atoms with Gasteiger partial charge >= 0.3 is 4.87 Å². The van der Waals surface area contributed by atoms with Crippen LogP contribution >= 0.6 is 11.3 Å². The van der Waals surface area contributed by atoms with Gasteiger partial charge in [-0.15, -0.1) is 0 Å². The Hall–Kier alpha value is -1.59. The maximum atomic E-state index is 11.8. The van der Waals surface area contributed by atoms with Gasteiger partial charge in [0.15, 0.2) is 0 Å². The molecule has 0 atom stereocenters. The summed E-state index contributed by atoms with van der Waals surface area (Å²) < 4.78 is 7.33. The fourth-order valence-corrected chi connectivity index (χ4v) is 3.55. The van der Waals surface area contributed by atoms with E-state index >= 15 is 0 Å². The molecule has 0 bridgehead atoms. The predicted octanol–water partition coefficient (Wildman–Crippen LogP) is 2.89. The zero-order valence-corrected chi connectivity index (χ0v) is 13.9. The molecular weight excluding hydrogens is 296 g/mol. The maximum absolute atomic E-state index is 11.8. The molecule has 0 radical (unpaired) electrons. The molecule has 2 aromatic rings. The van der Waals surface area contributed by atoms with Crippen molar-refractivity contribution in [3.8, 4) is 5.75 Å². The van der Waals surface area contributed by atoms with Gasteiger partial charge in [0.05, 0.1) is 7.11 Å². The summed E-state index contributed by atoms with van der Waals surface area (Å²) in [7, 11) is 1.72. The Kier molecular flexibility index (Phi) is 4.64. The Labute approximate surface area is 135 Å². The van der Waals surface area contributed by atoms with E-state index in [9.17, 15) is 4.79 Å². The molecule has 0 unspecified atom stereocenters. The minimum absolute atomic E-state index is 0.144. The highest BCUT2D eigenvalue weighted by molar-refractivity contribution is 7.07. The number of hydrogen-bond acceptors (Lipinski definition) is 4. The summed E-state index contributed by atoms with van der Waals surface area (Å²) in [6, 6.07) is 8.83. The number of hydrogen-bond donors (Lipinski definition) is 0. The summed E-state index contributed by atoms with van der Waals surface area (Å²) in [5.41, 5.74) is 2.27. The number of thiazole rings is 1. The molecule has 1 fully saturated rings. The molecule has 0 spiro atoms. The van der Waals surface area contributed by atoms with E-state index in [-0.39, 0.29) is 4.87 Å². The van der Waals surface area contributed by atoms with E-state index in [0.29, 0.717) is 6.04 Å². The van der Waals surface area contributed by atoms with Gasteiger partial charge in [-0.25, -0.2) is 0 Å². The van der Waals surface area contributed by atoms with Crippen LogP contribution in [0.4, 0.5) is 0 Å². The Morgan fingerprint density at radius 2 is 2.14 bits per heavy atom. The second-order valence-electron chi connectivity index (χ2n) is 5.81. The summed E-state index contributed by atoms with van der Waals surface area (Å²) in [4.78, 5) is 14.5. The molecule has 1 saturated carbocycles. The monoisotopic (exact) mass is 318 g/mol. The third-order valence-corrected chi connectivity index (χ3v) is 5.10. The number of para-hydroxylation sites is 1. The summed E-state index contributed by atoms with van der Waals surface area (Å²) in [6.45, 7) is 4.55. The molecule has 1 heterocycles. The number of ether oxygens (including phenoxy) is 1. The van der Waals surface area contributed by atoms with Gasteiger partial charge in [-0.1, -0.05) is 29.5 Å². The molecule has 0 amide bonds. The summed E-state index contributed by atoms with van der Waals surface area (Å²) in [5.74, 6) is 0.942. The van der Waals surface area contributed by atoms with Crippen molar-refractivity contribution in [1.82, 2.24) is 9.47 Å². The molecule has 4 nitrogen and oxygen atoms in total. The highest BCUT2D eigenvalue weighted by Crippen LogP contribution is 2.30. The highest BCUT2D eigenvalue weighted by Gasteiger charge is 2.29. The van der Waals surface area contributed by atoms with Crippen LogP contribution in [0.25, 0.3) is 0 Å². The lowest BCUT2D eigenvalue weighted by molar-refractivity contribution is 0.239. The van der Waals surface area contributed by atoms with E-state index in [1.54, 1.807) is 7.11 Å². The second kappa shape index (κ2) is 6.67. The molecule has 0 aliphatic heterocycles. The van der Waals surface area contributed by atoms with Gasteiger partial charge in [0.25, 0.3) is 0 Å². The number of benzene rings is 1. The van der Waals surface area contributed by atoms with Crippen LogP contribution in [0.1, 0.15) is 24.1 Å². The molecular formula is C17H22N2O2S. The molecule has 22 heavy (non-hydrogen) atoms. The van der Waals surface area contributed by atoms with Crippen LogP contribution in [0.2, 0.25) is 0 Å². The molecule has 1 aliphatic carbocycles. The summed E-state index contributed by atoms with van der Waals surface area (Å²) in [6.07, 6.45) is 2.51. The fraction of sp³-hybridized carbons (Fsp3) is 0.471. The summed E-state index contributed by atoms with van der Waals surface area (Å²) in [5, 5.41) is 1.93. The number of nitrogens with zero attached hydrogens (tertiary/aromatic N) is 2. The number of rotatable bonds is 7. The Morgan fingerprint density at radius 1 is 1.36 bits per heavy atom. The van der Waals surface area contributed by atoms with Crippen LogP contribution in [0.15, 0.2) is 34.4 Å². The first-order valence-corrected chi connectivity index (χ1v) is 8.58. The minimum Gasteiger partial charge on any atom is -0.496 e. The third kappa shape index (κ3) is 3.42. The first-order chi connectivity index (χ1) is 10.7. The quantitative estimate of drug-likeness (QED) is 0.787. The Balaban J connectivity index is 1.70. The second-order valence-corrected chi connectivity index (χ2v) is 6.63. The number of methoxy groups -OCH3 is 1. The highest BCUT2D eigenvalue weighted by atomic mass is 32.1. The van der Waals surface area contributed by atoms with Gasteiger partial charge in [-0.2, -0.15) is 0 Å². The van der Waals surface area contributed by atoms with Crippen molar-refractivity contribution in [2.45, 2.75) is 38.9 Å². The third-order valence-electron chi connectivity index (χ3n) is 4.22. The lowest BCUT2D eigenvalue weighted by Crippen LogP contribution is -2.31. The number of aryl methyl sites for hydroxylation is 1. The molecule has 1 aromatic heterocycles. The maximum Gasteiger partial charge on any atom is 0.307 e. The minimum atomic E-state index is 0.144. The lowest BCUT2D eigenvalue weighted by atomic mass is 10.2. The average Bonchev–Trinajstić information content (AvgIpc) is 3.32. The molecule has 118 valence electrons. The van der Waals surface area contributed by atoms with E-state index in [2.05, 4.69) is 17.0 Å². The fourth-order valence-electron chi connectivity index (χ4n) is 2.79. The topological polar surface area (TPSA) is 34.5 Å². The van der Waals surface area contributed by atoms with Gasteiger partial charge in [0, 0.05) is 42.3 Å². The van der Waals surface area contributed by atoms with Crippen molar-refractivity contribution in [1.29, 1.82) is 0 Å². The van der Waals surface area contributed by atoms with Crippen LogP contribution < -0.4 is 9.61 Å². The van der Waals surface area contributed by atoms with Gasteiger partial charge in [0.2, 0.25) is 0 Å². The molecule has 0 saturated heterocycles. The van der Waals surface area contributed by atoms with Crippen molar-refractivity contribution < 1.29 is 4.74 Å². The molecule has 3 rings (SSSR count). The predicted molar refractivity (Wildman–Crippen MR) is 89.7 cm³/mol. The molecule has 0 N–H and O–H groups in total. The largest absolute Gasteiger partial charge is 0.496 e. The molecule has 5 heteroatoms. The van der Waals surface area contributed by atoms with Crippen LogP contribution in [0.3, 0.4) is 0 Å². The van der Waals surface area contributed by atoms with Crippen LogP contribution in [-0.4, -0.2) is 29.2 Å². The van der Waals surface area contributed by atoms with E-state index in [1.165, 1.54) is 29.7 Å². The molecule has 1 aliphatic rings. The van der Waals surface area contributed by atoms with E-state index in [0.717, 1.165) is 31.1 Å². The smallest absolute Gasteiger partial charge is 0.307 e. The van der Waals surface area contributed by atoms with E-state index < -0.39 is 0 Å². The summed E-state index contributed by atoms with van der Waals surface area (Å²) >= 11 is 1.29. The average molecular weight is 318 g/mol. The Bertz CT molecular complexity index is 688. The van der Waals surface area contributed by atoms with Crippen LogP contribution in [0.5, 0.6) is 5.75 Å². The Morgan fingerprint density at radius 3 is 2.77 bits per heavy atom. The van der Waals surface area contributed by atoms with Crippen molar-refractivity contribution >= 4 is 11.3 Å². The zero-order chi connectivity index (χ0) is 15.5. The van der Waals surface area contributed by atoms with Gasteiger partial charge in [-0.05, 0) is 25.8 Å². The first-order valence-electron chi connectivity index (χ1n) is 7.70. The van der Waals surface area contributed by atoms with E-state index in [1.807, 2.05) is 29.0 Å². The van der Waals surface area contributed by atoms with Gasteiger partial charge < -0.3 is 9.30 Å². The standard InChI is InChI=1S/C17H22N2O2S/c1-13-12-22-17(20)19(13)10-9-18(15-7-8-15)11-14-5-3-4-6-16(14)21-2/h3-6,12,15H,7-11H2,1-2H3. The van der Waals surface area contributed by atoms with Crippen molar-refractivity contribution in [3.63, 3.8) is 0 Å². The van der Waals surface area contributed by atoms with Crippen molar-refractivity contribution in [2.75, 3.05) is 13.7 Å². The van der Waals surface area contributed by atoms with Crippen LogP contribution in [-0.2, 0) is 13.1 Å². The van der Waals surface area contributed by atoms with Crippen molar-refractivity contribution in [3.05, 3.63) is 50.6 Å². The zero-order valence-electron chi connectivity index (χ0n) is 13.1. The van der Waals surface area contributed by atoms with Crippen LogP contribution in [0, 0.1) is 6.92 Å². The van der Waals surface area contributed by atoms with Gasteiger partial charge in [0.1, 0.15) is 5.75 Å². The lowest BCUT2D eigenvalue weighted by Gasteiger charge is -2.23. The van der Waals surface area contributed by atoms with Gasteiger partial charge in [-0.3, -0.25) is 9.69 Å². The molecule has 1 aromatic carbocycles.